The van der Waals surface area contributed by atoms with Gasteiger partial charge in [-0.25, -0.2) is 0 Å². The molecule has 0 aliphatic heterocycles. The van der Waals surface area contributed by atoms with Crippen LogP contribution in [0, 0.1) is 0 Å². The molecule has 24 heavy (non-hydrogen) atoms. The van der Waals surface area contributed by atoms with Crippen LogP contribution in [0.25, 0.3) is 0 Å². The van der Waals surface area contributed by atoms with Crippen molar-refractivity contribution in [3.63, 3.8) is 0 Å². The van der Waals surface area contributed by atoms with Crippen molar-refractivity contribution in [3.05, 3.63) is 47.2 Å². The topological polar surface area (TPSA) is 35.5 Å². The van der Waals surface area contributed by atoms with E-state index in [9.17, 15) is 4.79 Å². The van der Waals surface area contributed by atoms with Crippen LogP contribution >= 0.6 is 0 Å². The number of ketones is 1. The Balaban J connectivity index is 2.67. The van der Waals surface area contributed by atoms with Crippen LogP contribution in [0.4, 0.5) is 0 Å². The van der Waals surface area contributed by atoms with Crippen molar-refractivity contribution >= 4 is 13.9 Å². The lowest BCUT2D eigenvalue weighted by molar-refractivity contribution is -0.115. The predicted molar refractivity (Wildman–Crippen MR) is 102 cm³/mol. The van der Waals surface area contributed by atoms with Crippen LogP contribution in [0.1, 0.15) is 25.3 Å². The van der Waals surface area contributed by atoms with E-state index >= 15 is 0 Å². The number of allylic oxidation sites excluding steroid dienone is 3. The highest BCUT2D eigenvalue weighted by atomic mass is 28.3. The molecule has 1 aliphatic rings. The Morgan fingerprint density at radius 2 is 1.88 bits per heavy atom. The second-order valence-electron chi connectivity index (χ2n) is 7.65. The first-order valence-electron chi connectivity index (χ1n) is 8.30. The minimum absolute atomic E-state index is 0.184. The number of hydrogen-bond acceptors (Lipinski definition) is 3. The molecule has 4 heteroatoms. The van der Waals surface area contributed by atoms with E-state index in [4.69, 9.17) is 9.47 Å². The largest absolute Gasteiger partial charge is 0.497 e. The minimum atomic E-state index is -1.64. The maximum atomic E-state index is 12.1. The van der Waals surface area contributed by atoms with E-state index < -0.39 is 8.07 Å². The Morgan fingerprint density at radius 1 is 1.21 bits per heavy atom. The summed E-state index contributed by atoms with van der Waals surface area (Å²) in [5, 5.41) is 1.13. The predicted octanol–water partition coefficient (Wildman–Crippen LogP) is 4.68. The summed E-state index contributed by atoms with van der Waals surface area (Å²) in [5.41, 5.74) is 1.82. The van der Waals surface area contributed by atoms with Gasteiger partial charge in [-0.05, 0) is 36.3 Å². The van der Waals surface area contributed by atoms with Crippen molar-refractivity contribution in [1.29, 1.82) is 0 Å². The Hall–Kier alpha value is -1.81. The normalized spacial score (nSPS) is 21.2. The van der Waals surface area contributed by atoms with E-state index in [0.717, 1.165) is 34.3 Å². The van der Waals surface area contributed by atoms with Gasteiger partial charge in [0.2, 0.25) is 0 Å². The fourth-order valence-corrected chi connectivity index (χ4v) is 4.41. The molecule has 1 unspecified atom stereocenters. The SMILES string of the molecule is C=C(C1=CC(=O)CCC1(C)c1cc(OC)ccc1OC)[Si](C)(C)C. The van der Waals surface area contributed by atoms with Crippen molar-refractivity contribution in [2.45, 2.75) is 44.8 Å². The zero-order valence-electron chi connectivity index (χ0n) is 15.7. The van der Waals surface area contributed by atoms with Gasteiger partial charge in [0.1, 0.15) is 11.5 Å². The summed E-state index contributed by atoms with van der Waals surface area (Å²) >= 11 is 0. The van der Waals surface area contributed by atoms with E-state index in [2.05, 4.69) is 33.1 Å². The third-order valence-corrected chi connectivity index (χ3v) is 7.08. The van der Waals surface area contributed by atoms with Crippen molar-refractivity contribution in [2.24, 2.45) is 0 Å². The van der Waals surface area contributed by atoms with Crippen molar-refractivity contribution < 1.29 is 14.3 Å². The van der Waals surface area contributed by atoms with Gasteiger partial charge in [0.25, 0.3) is 0 Å². The molecule has 0 aromatic heterocycles. The Bertz CT molecular complexity index is 697. The highest BCUT2D eigenvalue weighted by molar-refractivity contribution is 6.84. The maximum Gasteiger partial charge on any atom is 0.156 e. The van der Waals surface area contributed by atoms with Gasteiger partial charge in [-0.3, -0.25) is 4.79 Å². The summed E-state index contributed by atoms with van der Waals surface area (Å²) in [6, 6.07) is 5.86. The number of ether oxygens (including phenoxy) is 2. The van der Waals surface area contributed by atoms with Crippen molar-refractivity contribution in [2.75, 3.05) is 14.2 Å². The molecule has 0 radical (unpaired) electrons. The third kappa shape index (κ3) is 3.34. The summed E-state index contributed by atoms with van der Waals surface area (Å²) in [6.07, 6.45) is 3.10. The van der Waals surface area contributed by atoms with Crippen LogP contribution < -0.4 is 9.47 Å². The average molecular weight is 345 g/mol. The second kappa shape index (κ2) is 6.59. The summed E-state index contributed by atoms with van der Waals surface area (Å²) in [6.45, 7) is 13.3. The van der Waals surface area contributed by atoms with Crippen LogP contribution in [-0.2, 0) is 10.2 Å². The molecule has 0 saturated carbocycles. The molecular weight excluding hydrogens is 316 g/mol. The summed E-state index contributed by atoms with van der Waals surface area (Å²) in [4.78, 5) is 12.1. The number of methoxy groups -OCH3 is 2. The monoisotopic (exact) mass is 344 g/mol. The smallest absolute Gasteiger partial charge is 0.156 e. The molecule has 0 N–H and O–H groups in total. The molecule has 0 fully saturated rings. The van der Waals surface area contributed by atoms with E-state index in [-0.39, 0.29) is 11.2 Å². The van der Waals surface area contributed by atoms with Crippen LogP contribution in [0.15, 0.2) is 41.6 Å². The van der Waals surface area contributed by atoms with E-state index in [1.807, 2.05) is 24.3 Å². The minimum Gasteiger partial charge on any atom is -0.497 e. The van der Waals surface area contributed by atoms with Crippen LogP contribution in [0.5, 0.6) is 11.5 Å². The molecule has 130 valence electrons. The molecule has 1 aromatic carbocycles. The Morgan fingerprint density at radius 3 is 2.42 bits per heavy atom. The fraction of sp³-hybridized carbons (Fsp3) is 0.450. The first-order chi connectivity index (χ1) is 11.1. The van der Waals surface area contributed by atoms with Crippen LogP contribution in [0.3, 0.4) is 0 Å². The van der Waals surface area contributed by atoms with Gasteiger partial charge in [0.05, 0.1) is 22.3 Å². The molecule has 0 amide bonds. The highest BCUT2D eigenvalue weighted by Crippen LogP contribution is 2.48. The van der Waals surface area contributed by atoms with Gasteiger partial charge in [0.15, 0.2) is 5.78 Å². The summed E-state index contributed by atoms with van der Waals surface area (Å²) < 4.78 is 11.0. The molecule has 0 spiro atoms. The lowest BCUT2D eigenvalue weighted by atomic mass is 9.68. The number of carbonyl (C=O) groups is 1. The van der Waals surface area contributed by atoms with Crippen molar-refractivity contribution in [1.82, 2.24) is 0 Å². The molecule has 1 aliphatic carbocycles. The third-order valence-electron chi connectivity index (χ3n) is 5.00. The molecule has 1 atom stereocenters. The molecule has 0 bridgehead atoms. The number of rotatable bonds is 5. The lowest BCUT2D eigenvalue weighted by Gasteiger charge is -2.40. The summed E-state index contributed by atoms with van der Waals surface area (Å²) in [5.74, 6) is 1.80. The van der Waals surface area contributed by atoms with Crippen LogP contribution in [0.2, 0.25) is 19.6 Å². The zero-order chi connectivity index (χ0) is 18.1. The van der Waals surface area contributed by atoms with Gasteiger partial charge in [-0.15, -0.1) is 0 Å². The quantitative estimate of drug-likeness (QED) is 0.727. The molecule has 1 aromatic rings. The van der Waals surface area contributed by atoms with Crippen LogP contribution in [-0.4, -0.2) is 28.1 Å². The first kappa shape index (κ1) is 18.5. The average Bonchev–Trinajstić information content (AvgIpc) is 2.55. The molecule has 0 saturated heterocycles. The zero-order valence-corrected chi connectivity index (χ0v) is 16.7. The lowest BCUT2D eigenvalue weighted by Crippen LogP contribution is -2.37. The van der Waals surface area contributed by atoms with Gasteiger partial charge in [-0.1, -0.05) is 38.3 Å². The van der Waals surface area contributed by atoms with Gasteiger partial charge >= 0.3 is 0 Å². The molecule has 0 heterocycles. The number of benzene rings is 1. The maximum absolute atomic E-state index is 12.1. The summed E-state index contributed by atoms with van der Waals surface area (Å²) in [7, 11) is 1.71. The second-order valence-corrected chi connectivity index (χ2v) is 12.8. The number of hydrogen-bond donors (Lipinski definition) is 0. The molecular formula is C20H28O3Si. The standard InChI is InChI=1S/C20H28O3Si/c1-14(24(5,6)7)17-12-15(21)10-11-20(17,2)18-13-16(22-3)8-9-19(18)23-4/h8-9,12-13H,1,10-11H2,2-7H3. The Kier molecular flexibility index (Phi) is 5.09. The van der Waals surface area contributed by atoms with Gasteiger partial charge < -0.3 is 9.47 Å². The van der Waals surface area contributed by atoms with Gasteiger partial charge in [0, 0.05) is 17.4 Å². The highest BCUT2D eigenvalue weighted by Gasteiger charge is 2.40. The van der Waals surface area contributed by atoms with E-state index in [1.54, 1.807) is 14.2 Å². The van der Waals surface area contributed by atoms with E-state index in [0.29, 0.717) is 6.42 Å². The van der Waals surface area contributed by atoms with E-state index in [1.165, 1.54) is 0 Å². The fourth-order valence-electron chi connectivity index (χ4n) is 3.25. The first-order valence-corrected chi connectivity index (χ1v) is 11.8. The van der Waals surface area contributed by atoms with Crippen molar-refractivity contribution in [3.8, 4) is 11.5 Å². The molecule has 2 rings (SSSR count). The molecule has 3 nitrogen and oxygen atoms in total. The van der Waals surface area contributed by atoms with Gasteiger partial charge in [-0.2, -0.15) is 0 Å². The number of carbonyl (C=O) groups excluding carboxylic acids is 1. The Labute approximate surface area is 146 Å².